The molecule has 31 heavy (non-hydrogen) atoms. The van der Waals surface area contributed by atoms with E-state index in [4.69, 9.17) is 20.4 Å². The second-order valence-corrected chi connectivity index (χ2v) is 7.47. The Morgan fingerprint density at radius 3 is 2.42 bits per heavy atom. The summed E-state index contributed by atoms with van der Waals surface area (Å²) < 4.78 is 51.8. The Hall–Kier alpha value is -2.38. The maximum absolute atomic E-state index is 12.4. The molecule has 1 aromatic rings. The fraction of sp³-hybridized carbons (Fsp3) is 0.500. The summed E-state index contributed by atoms with van der Waals surface area (Å²) >= 11 is 1.62. The Labute approximate surface area is 181 Å². The van der Waals surface area contributed by atoms with Gasteiger partial charge in [0.15, 0.2) is 0 Å². The molecule has 2 heterocycles. The van der Waals surface area contributed by atoms with Gasteiger partial charge in [-0.05, 0) is 30.9 Å². The molecule has 1 saturated heterocycles. The Morgan fingerprint density at radius 1 is 1.39 bits per heavy atom. The molecule has 1 fully saturated rings. The van der Waals surface area contributed by atoms with Crippen molar-refractivity contribution in [2.45, 2.75) is 23.9 Å². The van der Waals surface area contributed by atoms with Gasteiger partial charge in [0.05, 0.1) is 6.33 Å². The third kappa shape index (κ3) is 9.98. The highest BCUT2D eigenvalue weighted by Crippen LogP contribution is 2.28. The molecule has 0 atom stereocenters. The number of hydrogen-bond acceptors (Lipinski definition) is 7. The average molecular weight is 468 g/mol. The smallest absolute Gasteiger partial charge is 0.475 e. The van der Waals surface area contributed by atoms with Crippen molar-refractivity contribution in [2.75, 3.05) is 33.3 Å². The van der Waals surface area contributed by atoms with Gasteiger partial charge in [-0.15, -0.1) is 0 Å². The lowest BCUT2D eigenvalue weighted by Gasteiger charge is -2.29. The third-order valence-electron chi connectivity index (χ3n) is 4.08. The maximum Gasteiger partial charge on any atom is 0.490 e. The number of carboxylic acid groups (broad SMARTS) is 1. The maximum atomic E-state index is 12.4. The molecule has 0 bridgehead atoms. The van der Waals surface area contributed by atoms with Crippen molar-refractivity contribution >= 4 is 23.8 Å². The summed E-state index contributed by atoms with van der Waals surface area (Å²) in [6.45, 7) is 1.94. The van der Waals surface area contributed by atoms with Crippen molar-refractivity contribution in [1.82, 2.24) is 14.6 Å². The first-order chi connectivity index (χ1) is 14.6. The molecular weight excluding hydrogens is 444 g/mol. The van der Waals surface area contributed by atoms with Crippen molar-refractivity contribution < 1.29 is 37.0 Å². The van der Waals surface area contributed by atoms with Gasteiger partial charge in [-0.3, -0.25) is 4.79 Å². The summed E-state index contributed by atoms with van der Waals surface area (Å²) in [6, 6.07) is 3.67. The van der Waals surface area contributed by atoms with Crippen LogP contribution in [0.2, 0.25) is 0 Å². The van der Waals surface area contributed by atoms with E-state index in [-0.39, 0.29) is 25.0 Å². The summed E-state index contributed by atoms with van der Waals surface area (Å²) in [5.41, 5.74) is 5.75. The summed E-state index contributed by atoms with van der Waals surface area (Å²) in [6.07, 6.45) is -1.17. The first-order valence-corrected chi connectivity index (χ1v) is 9.89. The van der Waals surface area contributed by atoms with Gasteiger partial charge in [0.1, 0.15) is 6.61 Å². The number of ether oxygens (including phenoxy) is 1. The second-order valence-electron chi connectivity index (χ2n) is 6.30. The van der Waals surface area contributed by atoms with Crippen LogP contribution in [0.25, 0.3) is 0 Å². The predicted molar refractivity (Wildman–Crippen MR) is 106 cm³/mol. The van der Waals surface area contributed by atoms with E-state index in [1.165, 1.54) is 0 Å². The van der Waals surface area contributed by atoms with E-state index in [0.717, 1.165) is 30.8 Å². The molecule has 1 amide bonds. The summed E-state index contributed by atoms with van der Waals surface area (Å²) in [7, 11) is 1.68. The van der Waals surface area contributed by atoms with Crippen molar-refractivity contribution in [1.29, 1.82) is 0 Å². The van der Waals surface area contributed by atoms with Gasteiger partial charge in [0, 0.05) is 55.3 Å². The number of alkyl halides is 3. The molecule has 8 nitrogen and oxygen atoms in total. The minimum absolute atomic E-state index is 0.0967. The Balaban J connectivity index is 0.000000592. The van der Waals surface area contributed by atoms with Gasteiger partial charge in [-0.1, -0.05) is 0 Å². The number of nitrogens with one attached hydrogen (secondary N) is 1. The first-order valence-electron chi connectivity index (χ1n) is 9.12. The number of pyridine rings is 1. The van der Waals surface area contributed by atoms with Gasteiger partial charge in [0.2, 0.25) is 11.8 Å². The molecule has 13 heteroatoms. The van der Waals surface area contributed by atoms with Gasteiger partial charge >= 0.3 is 12.1 Å². The third-order valence-corrected chi connectivity index (χ3v) is 5.15. The van der Waals surface area contributed by atoms with Crippen molar-refractivity contribution in [2.24, 2.45) is 11.7 Å². The van der Waals surface area contributed by atoms with E-state index in [0.29, 0.717) is 17.8 Å². The Bertz CT molecular complexity index is 739. The number of rotatable bonds is 7. The number of aromatic nitrogens is 1. The highest BCUT2D eigenvalue weighted by Gasteiger charge is 2.38. The number of aliphatic carboxylic acids is 1. The van der Waals surface area contributed by atoms with E-state index in [1.807, 2.05) is 6.07 Å². The normalized spacial score (nSPS) is 15.6. The van der Waals surface area contributed by atoms with E-state index < -0.39 is 12.1 Å². The minimum atomic E-state index is -5.08. The lowest BCUT2D eigenvalue weighted by atomic mass is 9.97. The fourth-order valence-corrected chi connectivity index (χ4v) is 3.29. The van der Waals surface area contributed by atoms with E-state index >= 15 is 0 Å². The van der Waals surface area contributed by atoms with Crippen LogP contribution >= 0.6 is 11.9 Å². The highest BCUT2D eigenvalue weighted by atomic mass is 32.2. The highest BCUT2D eigenvalue weighted by molar-refractivity contribution is 7.97. The summed E-state index contributed by atoms with van der Waals surface area (Å²) in [5, 5.41) is 9.84. The van der Waals surface area contributed by atoms with Gasteiger partial charge < -0.3 is 20.9 Å². The quantitative estimate of drug-likeness (QED) is 0.413. The molecule has 1 aliphatic heterocycles. The van der Waals surface area contributed by atoms with Gasteiger partial charge in [-0.25, -0.2) is 18.5 Å². The van der Waals surface area contributed by atoms with Crippen LogP contribution in [0.5, 0.6) is 5.88 Å². The standard InChI is InChI=1S/C16H23FN4O2S.C2HF3O2/c1-19-16(22)13-4-6-21(7-5-13)24-14-2-3-15(20-10-14)23-11-12(8-17)9-18;3-2(4,5)1(6)7/h2-3,8,10,13H,4-7,9,11,18H2,1H3,(H,19,22);(H,6,7)/b12-8-;. The number of nitrogens with two attached hydrogens (primary N) is 1. The summed E-state index contributed by atoms with van der Waals surface area (Å²) in [4.78, 5) is 25.7. The topological polar surface area (TPSA) is 118 Å². The number of nitrogens with zero attached hydrogens (tertiary/aromatic N) is 2. The van der Waals surface area contributed by atoms with Crippen LogP contribution in [0.3, 0.4) is 0 Å². The van der Waals surface area contributed by atoms with Gasteiger partial charge in [-0.2, -0.15) is 13.2 Å². The largest absolute Gasteiger partial charge is 0.490 e. The molecule has 0 radical (unpaired) electrons. The van der Waals surface area contributed by atoms with Crippen LogP contribution in [0.1, 0.15) is 12.8 Å². The van der Waals surface area contributed by atoms with Crippen LogP contribution in [0.4, 0.5) is 17.6 Å². The Kier molecular flexibility index (Phi) is 11.3. The van der Waals surface area contributed by atoms with Gasteiger partial charge in [0.25, 0.3) is 0 Å². The zero-order valence-electron chi connectivity index (χ0n) is 16.7. The van der Waals surface area contributed by atoms with Crippen molar-refractivity contribution in [3.8, 4) is 5.88 Å². The summed E-state index contributed by atoms with van der Waals surface area (Å²) in [5.74, 6) is -2.08. The first kappa shape index (κ1) is 26.7. The Morgan fingerprint density at radius 2 is 2.00 bits per heavy atom. The van der Waals surface area contributed by atoms with E-state index in [9.17, 15) is 22.4 Å². The monoisotopic (exact) mass is 468 g/mol. The van der Waals surface area contributed by atoms with Crippen LogP contribution < -0.4 is 15.8 Å². The molecule has 4 N–H and O–H groups in total. The number of piperidine rings is 1. The van der Waals surface area contributed by atoms with Crippen LogP contribution in [0, 0.1) is 5.92 Å². The van der Waals surface area contributed by atoms with E-state index in [2.05, 4.69) is 14.6 Å². The molecule has 2 rings (SSSR count). The molecule has 1 aliphatic rings. The van der Waals surface area contributed by atoms with Crippen molar-refractivity contribution in [3.05, 3.63) is 30.2 Å². The number of halogens is 4. The number of carbonyl (C=O) groups excluding carboxylic acids is 1. The molecule has 0 unspecified atom stereocenters. The molecular formula is C18H24F4N4O4S. The zero-order chi connectivity index (χ0) is 23.4. The second kappa shape index (κ2) is 13.1. The molecule has 174 valence electrons. The minimum Gasteiger partial charge on any atom is -0.475 e. The van der Waals surface area contributed by atoms with Crippen LogP contribution in [-0.2, 0) is 9.59 Å². The molecule has 0 aromatic carbocycles. The average Bonchev–Trinajstić information content (AvgIpc) is 2.75. The fourth-order valence-electron chi connectivity index (χ4n) is 2.37. The van der Waals surface area contributed by atoms with E-state index in [1.54, 1.807) is 31.3 Å². The number of hydrogen-bond donors (Lipinski definition) is 3. The van der Waals surface area contributed by atoms with Crippen molar-refractivity contribution in [3.63, 3.8) is 0 Å². The van der Waals surface area contributed by atoms with Crippen LogP contribution in [-0.4, -0.2) is 65.7 Å². The zero-order valence-corrected chi connectivity index (χ0v) is 17.5. The molecule has 0 aliphatic carbocycles. The molecule has 0 spiro atoms. The van der Waals surface area contributed by atoms with Crippen LogP contribution in [0.15, 0.2) is 35.1 Å². The SMILES string of the molecule is CNC(=O)C1CCN(Sc2ccc(OC/C(=C\F)CN)nc2)CC1.O=C(O)C(F)(F)F. The molecule has 0 saturated carbocycles. The number of carbonyl (C=O) groups is 2. The lowest BCUT2D eigenvalue weighted by molar-refractivity contribution is -0.192. The predicted octanol–water partition coefficient (Wildman–Crippen LogP) is 2.37. The lowest BCUT2D eigenvalue weighted by Crippen LogP contribution is -2.36. The molecule has 1 aromatic heterocycles. The number of amides is 1. The number of carboxylic acids is 1.